The highest BCUT2D eigenvalue weighted by Gasteiger charge is 2.23. The van der Waals surface area contributed by atoms with E-state index in [1.165, 1.54) is 0 Å². The predicted molar refractivity (Wildman–Crippen MR) is 39.3 cm³/mol. The van der Waals surface area contributed by atoms with Crippen molar-refractivity contribution < 1.29 is 9.22 Å². The van der Waals surface area contributed by atoms with Gasteiger partial charge in [-0.15, -0.1) is 0 Å². The van der Waals surface area contributed by atoms with Gasteiger partial charge in [-0.1, -0.05) is 0 Å². The maximum Gasteiger partial charge on any atom is 0.332 e. The summed E-state index contributed by atoms with van der Waals surface area (Å²) in [4.78, 5) is 9.32. The summed E-state index contributed by atoms with van der Waals surface area (Å²) in [5.74, 6) is 0. The van der Waals surface area contributed by atoms with Gasteiger partial charge in [-0.05, 0) is 25.6 Å². The fourth-order valence-corrected chi connectivity index (χ4v) is 1.60. The zero-order valence-electron chi connectivity index (χ0n) is 6.05. The van der Waals surface area contributed by atoms with Crippen molar-refractivity contribution in [1.82, 2.24) is 0 Å². The molecular weight excluding hydrogens is 134 g/mol. The van der Waals surface area contributed by atoms with Gasteiger partial charge in [0.05, 0.1) is 0 Å². The monoisotopic (exact) mass is 149 g/mol. The van der Waals surface area contributed by atoms with Crippen molar-refractivity contribution in [2.45, 2.75) is 19.0 Å². The Labute approximate surface area is 57.1 Å². The molecule has 0 bridgehead atoms. The third kappa shape index (κ3) is 4.59. The molecule has 0 aliphatic heterocycles. The summed E-state index contributed by atoms with van der Waals surface area (Å²) in [7, 11) is -0.734. The Morgan fingerprint density at radius 1 is 1.67 bits per heavy atom. The molecule has 0 radical (unpaired) electrons. The van der Waals surface area contributed by atoms with Crippen molar-refractivity contribution in [3.8, 4) is 0 Å². The van der Waals surface area contributed by atoms with Crippen molar-refractivity contribution in [3.05, 3.63) is 0 Å². The van der Waals surface area contributed by atoms with Crippen molar-refractivity contribution >= 4 is 8.56 Å². The molecule has 0 aliphatic carbocycles. The lowest BCUT2D eigenvalue weighted by Gasteiger charge is -2.15. The summed E-state index contributed by atoms with van der Waals surface area (Å²) >= 11 is 0. The van der Waals surface area contributed by atoms with Crippen LogP contribution in [0.25, 0.3) is 0 Å². The smallest absolute Gasteiger partial charge is 0.332 e. The van der Waals surface area contributed by atoms with Crippen LogP contribution in [0.5, 0.6) is 0 Å². The normalized spacial score (nSPS) is 17.3. The van der Waals surface area contributed by atoms with Gasteiger partial charge in [0.15, 0.2) is 0 Å². The molecule has 3 nitrogen and oxygen atoms in total. The molecule has 9 heavy (non-hydrogen) atoms. The van der Waals surface area contributed by atoms with Crippen molar-refractivity contribution in [3.63, 3.8) is 0 Å². The van der Waals surface area contributed by atoms with E-state index < -0.39 is 8.56 Å². The molecule has 56 valence electrons. The Morgan fingerprint density at radius 2 is 2.22 bits per heavy atom. The molecule has 0 aromatic rings. The van der Waals surface area contributed by atoms with E-state index in [2.05, 4.69) is 0 Å². The number of hydrogen-bond donors (Lipinski definition) is 2. The van der Waals surface area contributed by atoms with Gasteiger partial charge in [-0.3, -0.25) is 0 Å². The first-order valence-electron chi connectivity index (χ1n) is 3.10. The highest BCUT2D eigenvalue weighted by Crippen LogP contribution is 2.07. The molecule has 0 heterocycles. The summed E-state index contributed by atoms with van der Waals surface area (Å²) in [5, 5.41) is 0. The predicted octanol–water partition coefficient (Wildman–Crippen LogP) is 0.0459. The fourth-order valence-electron chi connectivity index (χ4n) is 0.532. The van der Waals surface area contributed by atoms with Gasteiger partial charge in [0, 0.05) is 7.11 Å². The average Bonchev–Trinajstić information content (AvgIpc) is 1.84. The molecule has 0 unspecified atom stereocenters. The van der Waals surface area contributed by atoms with E-state index in [0.29, 0.717) is 6.54 Å². The molecule has 0 rings (SSSR count). The first-order valence-corrected chi connectivity index (χ1v) is 5.66. The first-order chi connectivity index (χ1) is 4.12. The van der Waals surface area contributed by atoms with Crippen LogP contribution in [0.15, 0.2) is 0 Å². The van der Waals surface area contributed by atoms with Crippen LogP contribution >= 0.6 is 0 Å². The molecule has 0 aromatic heterocycles. The van der Waals surface area contributed by atoms with Crippen LogP contribution in [0.1, 0.15) is 6.42 Å². The van der Waals surface area contributed by atoms with Crippen LogP contribution in [-0.4, -0.2) is 27.0 Å². The Hall–Kier alpha value is 0.0969. The summed E-state index contributed by atoms with van der Waals surface area (Å²) in [6.07, 6.45) is 0.854. The average molecular weight is 149 g/mol. The van der Waals surface area contributed by atoms with Crippen molar-refractivity contribution in [2.24, 2.45) is 5.73 Å². The second kappa shape index (κ2) is 4.00. The molecule has 1 atom stereocenters. The molecule has 0 aliphatic rings. The largest absolute Gasteiger partial charge is 0.411 e. The zero-order chi connectivity index (χ0) is 7.33. The molecule has 4 heteroatoms. The zero-order valence-corrected chi connectivity index (χ0v) is 7.05. The summed E-state index contributed by atoms with van der Waals surface area (Å²) < 4.78 is 4.88. The molecule has 0 aromatic carbocycles. The van der Waals surface area contributed by atoms with E-state index in [9.17, 15) is 4.80 Å². The molecule has 0 amide bonds. The van der Waals surface area contributed by atoms with Crippen LogP contribution in [0.2, 0.25) is 12.6 Å². The number of rotatable bonds is 4. The van der Waals surface area contributed by atoms with E-state index in [-0.39, 0.29) is 0 Å². The third-order valence-electron chi connectivity index (χ3n) is 1.28. The SMILES string of the molecule is CO[Si@](C)(O)CCCN. The minimum atomic E-state index is -2.28. The van der Waals surface area contributed by atoms with Gasteiger partial charge in [-0.2, -0.15) is 0 Å². The molecule has 0 spiro atoms. The first kappa shape index (κ1) is 9.10. The quantitative estimate of drug-likeness (QED) is 0.555. The number of nitrogens with two attached hydrogens (primary N) is 1. The van der Waals surface area contributed by atoms with Gasteiger partial charge < -0.3 is 15.0 Å². The molecule has 3 N–H and O–H groups in total. The molecular formula is C5H15NO2Si. The summed E-state index contributed by atoms with van der Waals surface area (Å²) in [6.45, 7) is 2.40. The Morgan fingerprint density at radius 3 is 2.56 bits per heavy atom. The minimum absolute atomic E-state index is 0.631. The van der Waals surface area contributed by atoms with E-state index in [1.54, 1.807) is 13.7 Å². The van der Waals surface area contributed by atoms with Crippen LogP contribution in [0, 0.1) is 0 Å². The Balaban J connectivity index is 3.33. The minimum Gasteiger partial charge on any atom is -0.411 e. The van der Waals surface area contributed by atoms with E-state index in [0.717, 1.165) is 12.5 Å². The molecule has 0 fully saturated rings. The van der Waals surface area contributed by atoms with Gasteiger partial charge in [0.1, 0.15) is 0 Å². The van der Waals surface area contributed by atoms with Gasteiger partial charge in [-0.25, -0.2) is 0 Å². The van der Waals surface area contributed by atoms with Crippen molar-refractivity contribution in [2.75, 3.05) is 13.7 Å². The lowest BCUT2D eigenvalue weighted by molar-refractivity contribution is 0.295. The van der Waals surface area contributed by atoms with Gasteiger partial charge in [0.25, 0.3) is 0 Å². The van der Waals surface area contributed by atoms with E-state index in [4.69, 9.17) is 10.2 Å². The lowest BCUT2D eigenvalue weighted by Crippen LogP contribution is -2.33. The van der Waals surface area contributed by atoms with E-state index >= 15 is 0 Å². The van der Waals surface area contributed by atoms with Crippen LogP contribution in [0.4, 0.5) is 0 Å². The summed E-state index contributed by atoms with van der Waals surface area (Å²) in [5.41, 5.74) is 5.25. The third-order valence-corrected chi connectivity index (χ3v) is 3.45. The maximum absolute atomic E-state index is 9.32. The Bertz CT molecular complexity index is 77.4. The molecule has 0 saturated carbocycles. The highest BCUT2D eigenvalue weighted by atomic mass is 28.4. The second-order valence-electron chi connectivity index (χ2n) is 2.27. The fraction of sp³-hybridized carbons (Fsp3) is 1.00. The van der Waals surface area contributed by atoms with E-state index in [1.807, 2.05) is 0 Å². The van der Waals surface area contributed by atoms with Crippen LogP contribution in [0.3, 0.4) is 0 Å². The standard InChI is InChI=1S/C5H15NO2Si/c1-8-9(2,7)5-3-4-6/h7H,3-6H2,1-2H3/t9-/m0/s1. The van der Waals surface area contributed by atoms with Crippen molar-refractivity contribution in [1.29, 1.82) is 0 Å². The number of hydrogen-bond acceptors (Lipinski definition) is 3. The topological polar surface area (TPSA) is 55.5 Å². The Kier molecular flexibility index (Phi) is 4.04. The summed E-state index contributed by atoms with van der Waals surface area (Å²) in [6, 6.07) is 0.736. The van der Waals surface area contributed by atoms with Gasteiger partial charge in [0.2, 0.25) is 0 Å². The van der Waals surface area contributed by atoms with Crippen LogP contribution in [-0.2, 0) is 4.43 Å². The highest BCUT2D eigenvalue weighted by molar-refractivity contribution is 6.64. The van der Waals surface area contributed by atoms with Crippen LogP contribution < -0.4 is 5.73 Å². The molecule has 0 saturated heterocycles. The lowest BCUT2D eigenvalue weighted by atomic mass is 10.5. The maximum atomic E-state index is 9.32. The second-order valence-corrected chi connectivity index (χ2v) is 5.53. The van der Waals surface area contributed by atoms with Gasteiger partial charge >= 0.3 is 8.56 Å².